The Balaban J connectivity index is 4.19. The molecule has 0 rings (SSSR count). The molecule has 1 atom stereocenters. The average molecular weight is 169 g/mol. The largest absolute Gasteiger partial charge is 0.465 e. The third-order valence-corrected chi connectivity index (χ3v) is 1.48. The van der Waals surface area contributed by atoms with Crippen LogP contribution in [0.1, 0.15) is 13.3 Å². The van der Waals surface area contributed by atoms with Gasteiger partial charge in [0.2, 0.25) is 0 Å². The van der Waals surface area contributed by atoms with E-state index >= 15 is 0 Å². The lowest BCUT2D eigenvalue weighted by Gasteiger charge is -2.22. The summed E-state index contributed by atoms with van der Waals surface area (Å²) in [7, 11) is 0. The van der Waals surface area contributed by atoms with Gasteiger partial charge in [0.25, 0.3) is 0 Å². The van der Waals surface area contributed by atoms with Crippen molar-refractivity contribution in [2.75, 3.05) is 6.54 Å². The molecular weight excluding hydrogens is 158 g/mol. The highest BCUT2D eigenvalue weighted by Gasteiger charge is 2.16. The molecule has 0 saturated heterocycles. The van der Waals surface area contributed by atoms with Gasteiger partial charge < -0.3 is 9.90 Å². The van der Waals surface area contributed by atoms with E-state index in [1.165, 1.54) is 0 Å². The number of carbonyl (C=O) groups excluding carboxylic acids is 1. The van der Waals surface area contributed by atoms with Crippen LogP contribution < -0.4 is 0 Å². The molecule has 0 radical (unpaired) electrons. The quantitative estimate of drug-likeness (QED) is 0.494. The van der Waals surface area contributed by atoms with E-state index in [9.17, 15) is 9.59 Å². The Hall–Kier alpha value is -1.50. The normalized spacial score (nSPS) is 11.3. The number of hydrogen-bond donors (Lipinski definition) is 1. The van der Waals surface area contributed by atoms with Crippen molar-refractivity contribution in [2.24, 2.45) is 0 Å². The maximum absolute atomic E-state index is 10.5. The molecule has 0 fully saturated rings. The van der Waals surface area contributed by atoms with Gasteiger partial charge in [0.05, 0.1) is 6.54 Å². The van der Waals surface area contributed by atoms with Gasteiger partial charge in [0.1, 0.15) is 6.29 Å². The molecule has 0 aromatic heterocycles. The zero-order chi connectivity index (χ0) is 9.56. The lowest BCUT2D eigenvalue weighted by atomic mass is 10.2. The molecule has 0 heterocycles. The fraction of sp³-hybridized carbons (Fsp3) is 0.500. The van der Waals surface area contributed by atoms with Crippen LogP contribution in [0.15, 0.2) is 0 Å². The van der Waals surface area contributed by atoms with Gasteiger partial charge in [-0.1, -0.05) is 5.92 Å². The summed E-state index contributed by atoms with van der Waals surface area (Å²) in [6.07, 6.45) is 4.72. The molecular formula is C8H11NO3. The van der Waals surface area contributed by atoms with Crippen molar-refractivity contribution >= 4 is 12.4 Å². The first-order valence-corrected chi connectivity index (χ1v) is 3.50. The number of aldehydes is 1. The standard InChI is InChI=1S/C8H11NO3/c1-3-5-9(8(11)12)7(2)4-6-10/h1,6-7H,4-5H2,2H3,(H,11,12)/t7-/m0/s1. The molecule has 0 saturated carbocycles. The molecule has 0 aliphatic heterocycles. The van der Waals surface area contributed by atoms with E-state index < -0.39 is 6.09 Å². The van der Waals surface area contributed by atoms with Gasteiger partial charge in [-0.3, -0.25) is 4.90 Å². The lowest BCUT2D eigenvalue weighted by Crippen LogP contribution is -2.38. The number of amides is 1. The van der Waals surface area contributed by atoms with Crippen molar-refractivity contribution in [3.8, 4) is 12.3 Å². The Morgan fingerprint density at radius 1 is 1.83 bits per heavy atom. The van der Waals surface area contributed by atoms with Gasteiger partial charge in [-0.2, -0.15) is 0 Å². The smallest absolute Gasteiger partial charge is 0.408 e. The lowest BCUT2D eigenvalue weighted by molar-refractivity contribution is -0.108. The molecule has 4 nitrogen and oxygen atoms in total. The van der Waals surface area contributed by atoms with E-state index in [1.54, 1.807) is 6.92 Å². The molecule has 0 aliphatic carbocycles. The minimum Gasteiger partial charge on any atom is -0.465 e. The van der Waals surface area contributed by atoms with Crippen molar-refractivity contribution in [1.29, 1.82) is 0 Å². The predicted molar refractivity (Wildman–Crippen MR) is 43.7 cm³/mol. The van der Waals surface area contributed by atoms with Gasteiger partial charge in [-0.15, -0.1) is 6.42 Å². The molecule has 1 N–H and O–H groups in total. The summed E-state index contributed by atoms with van der Waals surface area (Å²) in [6.45, 7) is 1.66. The minimum atomic E-state index is -1.10. The highest BCUT2D eigenvalue weighted by atomic mass is 16.4. The van der Waals surface area contributed by atoms with Crippen LogP contribution in [0.25, 0.3) is 0 Å². The summed E-state index contributed by atoms with van der Waals surface area (Å²) in [4.78, 5) is 21.6. The van der Waals surface area contributed by atoms with Crippen LogP contribution in [0.2, 0.25) is 0 Å². The Bertz CT molecular complexity index is 207. The molecule has 0 aliphatic rings. The summed E-state index contributed by atoms with van der Waals surface area (Å²) in [5.74, 6) is 2.22. The molecule has 0 bridgehead atoms. The highest BCUT2D eigenvalue weighted by molar-refractivity contribution is 5.66. The number of carbonyl (C=O) groups is 2. The number of rotatable bonds is 4. The van der Waals surface area contributed by atoms with Crippen LogP contribution in [-0.2, 0) is 4.79 Å². The number of hydrogen-bond acceptors (Lipinski definition) is 2. The molecule has 0 aromatic rings. The van der Waals surface area contributed by atoms with Crippen LogP contribution >= 0.6 is 0 Å². The van der Waals surface area contributed by atoms with E-state index in [0.717, 1.165) is 4.90 Å². The predicted octanol–water partition coefficient (Wildman–Crippen LogP) is 0.577. The number of carboxylic acid groups (broad SMARTS) is 1. The van der Waals surface area contributed by atoms with Gasteiger partial charge >= 0.3 is 6.09 Å². The Morgan fingerprint density at radius 3 is 2.75 bits per heavy atom. The molecule has 66 valence electrons. The van der Waals surface area contributed by atoms with Crippen LogP contribution in [0, 0.1) is 12.3 Å². The Morgan fingerprint density at radius 2 is 2.42 bits per heavy atom. The molecule has 0 aromatic carbocycles. The summed E-state index contributed by atoms with van der Waals surface area (Å²) in [6, 6.07) is -0.351. The van der Waals surface area contributed by atoms with E-state index in [2.05, 4.69) is 5.92 Å². The highest BCUT2D eigenvalue weighted by Crippen LogP contribution is 2.01. The van der Waals surface area contributed by atoms with E-state index in [4.69, 9.17) is 11.5 Å². The first kappa shape index (κ1) is 10.5. The van der Waals surface area contributed by atoms with Gasteiger partial charge in [-0.25, -0.2) is 4.79 Å². The zero-order valence-corrected chi connectivity index (χ0v) is 6.86. The summed E-state index contributed by atoms with van der Waals surface area (Å²) < 4.78 is 0. The molecule has 0 spiro atoms. The van der Waals surface area contributed by atoms with Gasteiger partial charge in [-0.05, 0) is 6.92 Å². The molecule has 12 heavy (non-hydrogen) atoms. The minimum absolute atomic E-state index is 0.0182. The van der Waals surface area contributed by atoms with E-state index in [-0.39, 0.29) is 19.0 Å². The Labute approximate surface area is 71.2 Å². The number of terminal acetylenes is 1. The fourth-order valence-electron chi connectivity index (χ4n) is 0.777. The van der Waals surface area contributed by atoms with Crippen LogP contribution in [0.5, 0.6) is 0 Å². The fourth-order valence-corrected chi connectivity index (χ4v) is 0.777. The topological polar surface area (TPSA) is 57.6 Å². The monoisotopic (exact) mass is 169 g/mol. The SMILES string of the molecule is C#CCN(C(=O)O)[C@@H](C)CC=O. The maximum Gasteiger partial charge on any atom is 0.408 e. The second kappa shape index (κ2) is 5.19. The van der Waals surface area contributed by atoms with Crippen LogP contribution in [0.4, 0.5) is 4.79 Å². The first-order valence-electron chi connectivity index (χ1n) is 3.50. The van der Waals surface area contributed by atoms with Gasteiger partial charge in [0, 0.05) is 12.5 Å². The van der Waals surface area contributed by atoms with Crippen LogP contribution in [-0.4, -0.2) is 35.0 Å². The van der Waals surface area contributed by atoms with Crippen molar-refractivity contribution in [2.45, 2.75) is 19.4 Å². The maximum atomic E-state index is 10.5. The molecule has 4 heteroatoms. The van der Waals surface area contributed by atoms with Crippen molar-refractivity contribution in [1.82, 2.24) is 4.90 Å². The third kappa shape index (κ3) is 3.06. The second-order valence-corrected chi connectivity index (χ2v) is 2.37. The first-order chi connectivity index (χ1) is 5.63. The summed E-state index contributed by atoms with van der Waals surface area (Å²) in [5, 5.41) is 8.62. The van der Waals surface area contributed by atoms with Crippen molar-refractivity contribution in [3.05, 3.63) is 0 Å². The molecule has 0 unspecified atom stereocenters. The second-order valence-electron chi connectivity index (χ2n) is 2.37. The zero-order valence-electron chi connectivity index (χ0n) is 6.86. The van der Waals surface area contributed by atoms with Crippen molar-refractivity contribution < 1.29 is 14.7 Å². The summed E-state index contributed by atoms with van der Waals surface area (Å²) in [5.41, 5.74) is 0. The van der Waals surface area contributed by atoms with Crippen molar-refractivity contribution in [3.63, 3.8) is 0 Å². The Kier molecular flexibility index (Phi) is 4.54. The summed E-state index contributed by atoms with van der Waals surface area (Å²) >= 11 is 0. The average Bonchev–Trinajstić information content (AvgIpc) is 1.99. The van der Waals surface area contributed by atoms with E-state index in [1.807, 2.05) is 0 Å². The third-order valence-electron chi connectivity index (χ3n) is 1.48. The van der Waals surface area contributed by atoms with Crippen LogP contribution in [0.3, 0.4) is 0 Å². The molecule has 1 amide bonds. The van der Waals surface area contributed by atoms with E-state index in [0.29, 0.717) is 6.29 Å². The van der Waals surface area contributed by atoms with Gasteiger partial charge in [0.15, 0.2) is 0 Å². The number of nitrogens with zero attached hydrogens (tertiary/aromatic N) is 1.